The Morgan fingerprint density at radius 3 is 2.40 bits per heavy atom. The summed E-state index contributed by atoms with van der Waals surface area (Å²) in [6, 6.07) is 13.2. The van der Waals surface area contributed by atoms with Gasteiger partial charge in [-0.15, -0.1) is 0 Å². The van der Waals surface area contributed by atoms with E-state index in [1.165, 1.54) is 12.1 Å². The Hall–Kier alpha value is -3.39. The third kappa shape index (κ3) is 3.39. The molecule has 0 aliphatic carbocycles. The number of hydrogen-bond donors (Lipinski definition) is 1. The number of aryl methyl sites for hydroxylation is 1. The lowest BCUT2D eigenvalue weighted by Gasteiger charge is -2.12. The highest BCUT2D eigenvalue weighted by Gasteiger charge is 2.24. The zero-order chi connectivity index (χ0) is 21.5. The van der Waals surface area contributed by atoms with Crippen molar-refractivity contribution in [1.29, 1.82) is 0 Å². The lowest BCUT2D eigenvalue weighted by molar-refractivity contribution is 0.0526. The van der Waals surface area contributed by atoms with E-state index in [0.717, 1.165) is 12.1 Å². The molecule has 0 radical (unpaired) electrons. The summed E-state index contributed by atoms with van der Waals surface area (Å²) < 4.78 is 52.5. The van der Waals surface area contributed by atoms with Gasteiger partial charge in [0.15, 0.2) is 0 Å². The fourth-order valence-electron chi connectivity index (χ4n) is 3.40. The molecule has 0 fully saturated rings. The normalized spacial score (nSPS) is 11.7. The number of ether oxygens (including phenoxy) is 1. The first-order chi connectivity index (χ1) is 14.3. The molecule has 0 atom stereocenters. The number of hydrogen-bond acceptors (Lipinski definition) is 5. The second-order valence-corrected chi connectivity index (χ2v) is 8.34. The van der Waals surface area contributed by atoms with Gasteiger partial charge in [-0.05, 0) is 44.2 Å². The molecular formula is C22H18FNO5S. The van der Waals surface area contributed by atoms with Crippen molar-refractivity contribution in [1.82, 2.24) is 0 Å². The van der Waals surface area contributed by atoms with Crippen molar-refractivity contribution in [2.45, 2.75) is 18.7 Å². The smallest absolute Gasteiger partial charge is 0.342 e. The summed E-state index contributed by atoms with van der Waals surface area (Å²) >= 11 is 0. The highest BCUT2D eigenvalue weighted by Crippen LogP contribution is 2.37. The van der Waals surface area contributed by atoms with Crippen LogP contribution in [0, 0.1) is 12.7 Å². The number of furan rings is 1. The molecule has 0 spiro atoms. The Labute approximate surface area is 172 Å². The van der Waals surface area contributed by atoms with Gasteiger partial charge in [0.1, 0.15) is 22.7 Å². The standard InChI is InChI=1S/C22H18FNO5S/c1-3-28-22(25)20-13(2)29-21-17-7-5-4-6-16(17)19(12-18(20)21)24-30(26,27)15-10-8-14(23)9-11-15/h4-12,24H,3H2,1-2H3. The topological polar surface area (TPSA) is 85.6 Å². The first kappa shape index (κ1) is 19.9. The van der Waals surface area contributed by atoms with E-state index in [0.29, 0.717) is 27.5 Å². The van der Waals surface area contributed by atoms with Crippen LogP contribution >= 0.6 is 0 Å². The molecule has 0 bridgehead atoms. The second-order valence-electron chi connectivity index (χ2n) is 6.66. The van der Waals surface area contributed by atoms with E-state index in [9.17, 15) is 17.6 Å². The maximum absolute atomic E-state index is 13.2. The molecular weight excluding hydrogens is 409 g/mol. The SMILES string of the molecule is CCOC(=O)c1c(C)oc2c1cc(NS(=O)(=O)c1ccc(F)cc1)c1ccccc12. The van der Waals surface area contributed by atoms with Crippen molar-refractivity contribution in [3.8, 4) is 0 Å². The number of carbonyl (C=O) groups excluding carboxylic acids is 1. The van der Waals surface area contributed by atoms with Gasteiger partial charge in [-0.25, -0.2) is 17.6 Å². The van der Waals surface area contributed by atoms with Gasteiger partial charge in [0.25, 0.3) is 10.0 Å². The lowest BCUT2D eigenvalue weighted by atomic mass is 10.0. The van der Waals surface area contributed by atoms with Crippen molar-refractivity contribution in [3.05, 3.63) is 71.7 Å². The molecule has 3 aromatic carbocycles. The Bertz CT molecular complexity index is 1370. The zero-order valence-corrected chi connectivity index (χ0v) is 17.0. The number of esters is 1. The second kappa shape index (κ2) is 7.46. The average Bonchev–Trinajstić information content (AvgIpc) is 3.04. The number of carbonyl (C=O) groups is 1. The van der Waals surface area contributed by atoms with Gasteiger partial charge < -0.3 is 9.15 Å². The van der Waals surface area contributed by atoms with E-state index in [2.05, 4.69) is 4.72 Å². The van der Waals surface area contributed by atoms with Crippen molar-refractivity contribution < 1.29 is 26.8 Å². The molecule has 1 N–H and O–H groups in total. The van der Waals surface area contributed by atoms with Crippen LogP contribution in [-0.2, 0) is 14.8 Å². The van der Waals surface area contributed by atoms with Crippen LogP contribution in [0.1, 0.15) is 23.0 Å². The van der Waals surface area contributed by atoms with Crippen LogP contribution in [0.2, 0.25) is 0 Å². The highest BCUT2D eigenvalue weighted by molar-refractivity contribution is 7.92. The summed E-state index contributed by atoms with van der Waals surface area (Å²) in [5.41, 5.74) is 0.990. The minimum atomic E-state index is -3.99. The fraction of sp³-hybridized carbons (Fsp3) is 0.136. The molecule has 1 heterocycles. The zero-order valence-electron chi connectivity index (χ0n) is 16.2. The van der Waals surface area contributed by atoms with Crippen LogP contribution in [0.4, 0.5) is 10.1 Å². The van der Waals surface area contributed by atoms with Gasteiger partial charge in [0, 0.05) is 16.2 Å². The van der Waals surface area contributed by atoms with Crippen LogP contribution < -0.4 is 4.72 Å². The van der Waals surface area contributed by atoms with Crippen LogP contribution in [0.5, 0.6) is 0 Å². The minimum absolute atomic E-state index is 0.0814. The summed E-state index contributed by atoms with van der Waals surface area (Å²) in [6.45, 7) is 3.55. The van der Waals surface area contributed by atoms with Crippen molar-refractivity contribution in [3.63, 3.8) is 0 Å². The van der Waals surface area contributed by atoms with Gasteiger partial charge in [-0.3, -0.25) is 4.72 Å². The lowest BCUT2D eigenvalue weighted by Crippen LogP contribution is -2.13. The van der Waals surface area contributed by atoms with E-state index in [1.807, 2.05) is 0 Å². The molecule has 4 aromatic rings. The summed E-state index contributed by atoms with van der Waals surface area (Å²) in [7, 11) is -3.99. The summed E-state index contributed by atoms with van der Waals surface area (Å²) in [6.07, 6.45) is 0. The van der Waals surface area contributed by atoms with E-state index in [-0.39, 0.29) is 22.8 Å². The monoisotopic (exact) mass is 427 g/mol. The first-order valence-corrected chi connectivity index (χ1v) is 10.7. The third-order valence-corrected chi connectivity index (χ3v) is 6.10. The number of sulfonamides is 1. The van der Waals surface area contributed by atoms with Crippen LogP contribution in [0.25, 0.3) is 21.7 Å². The molecule has 6 nitrogen and oxygen atoms in total. The van der Waals surface area contributed by atoms with Crippen molar-refractivity contribution >= 4 is 43.4 Å². The number of nitrogens with one attached hydrogen (secondary N) is 1. The number of benzene rings is 3. The predicted octanol–water partition coefficient (Wildman–Crippen LogP) is 5.01. The summed E-state index contributed by atoms with van der Waals surface area (Å²) in [4.78, 5) is 12.4. The van der Waals surface area contributed by atoms with Crippen molar-refractivity contribution in [2.75, 3.05) is 11.3 Å². The molecule has 1 aromatic heterocycles. The molecule has 0 unspecified atom stereocenters. The van der Waals surface area contributed by atoms with Gasteiger partial charge in [-0.2, -0.15) is 0 Å². The quantitative estimate of drug-likeness (QED) is 0.453. The van der Waals surface area contributed by atoms with Gasteiger partial charge >= 0.3 is 5.97 Å². The molecule has 0 aliphatic heterocycles. The summed E-state index contributed by atoms with van der Waals surface area (Å²) in [5.74, 6) is -0.697. The van der Waals surface area contributed by atoms with E-state index in [1.54, 1.807) is 44.2 Å². The summed E-state index contributed by atoms with van der Waals surface area (Å²) in [5, 5.41) is 1.69. The van der Waals surface area contributed by atoms with Gasteiger partial charge in [0.05, 0.1) is 17.2 Å². The molecule has 8 heteroatoms. The van der Waals surface area contributed by atoms with Crippen molar-refractivity contribution in [2.24, 2.45) is 0 Å². The largest absolute Gasteiger partial charge is 0.462 e. The molecule has 154 valence electrons. The first-order valence-electron chi connectivity index (χ1n) is 9.22. The molecule has 4 rings (SSSR count). The number of fused-ring (bicyclic) bond motifs is 3. The fourth-order valence-corrected chi connectivity index (χ4v) is 4.47. The Morgan fingerprint density at radius 2 is 1.73 bits per heavy atom. The molecule has 0 amide bonds. The van der Waals surface area contributed by atoms with E-state index in [4.69, 9.17) is 9.15 Å². The van der Waals surface area contributed by atoms with Crippen LogP contribution in [0.3, 0.4) is 0 Å². The maximum Gasteiger partial charge on any atom is 0.342 e. The average molecular weight is 427 g/mol. The Morgan fingerprint density at radius 1 is 1.07 bits per heavy atom. The molecule has 0 saturated heterocycles. The molecule has 0 saturated carbocycles. The maximum atomic E-state index is 13.2. The van der Waals surface area contributed by atoms with Gasteiger partial charge in [-0.1, -0.05) is 24.3 Å². The van der Waals surface area contributed by atoms with Crippen LogP contribution in [-0.4, -0.2) is 21.0 Å². The predicted molar refractivity (Wildman–Crippen MR) is 112 cm³/mol. The third-order valence-electron chi connectivity index (χ3n) is 4.72. The number of anilines is 1. The Balaban J connectivity index is 1.93. The van der Waals surface area contributed by atoms with Gasteiger partial charge in [0.2, 0.25) is 0 Å². The van der Waals surface area contributed by atoms with E-state index < -0.39 is 21.8 Å². The molecule has 30 heavy (non-hydrogen) atoms. The molecule has 0 aliphatic rings. The number of halogens is 1. The van der Waals surface area contributed by atoms with Crippen LogP contribution in [0.15, 0.2) is 63.9 Å². The van der Waals surface area contributed by atoms with E-state index >= 15 is 0 Å². The highest BCUT2D eigenvalue weighted by atomic mass is 32.2. The number of rotatable bonds is 5. The minimum Gasteiger partial charge on any atom is -0.462 e. The Kier molecular flexibility index (Phi) is 4.95.